The first-order chi connectivity index (χ1) is 12.8. The first-order valence-corrected chi connectivity index (χ1v) is 9.77. The lowest BCUT2D eigenvalue weighted by atomic mass is 9.99. The van der Waals surface area contributed by atoms with Crippen LogP contribution in [0.4, 0.5) is 10.1 Å². The number of hydrogen-bond donors (Lipinski definition) is 3. The number of hydrogen-bond acceptors (Lipinski definition) is 3. The Morgan fingerprint density at radius 2 is 2.04 bits per heavy atom. The van der Waals surface area contributed by atoms with Crippen LogP contribution in [0.25, 0.3) is 0 Å². The van der Waals surface area contributed by atoms with Crippen LogP contribution >= 0.6 is 23.2 Å². The smallest absolute Gasteiger partial charge is 0.242 e. The molecule has 0 aromatic heterocycles. The molecule has 0 spiro atoms. The van der Waals surface area contributed by atoms with E-state index in [0.717, 1.165) is 6.07 Å². The number of aromatic hydroxyl groups is 1. The Bertz CT molecular complexity index is 915. The molecule has 144 valence electrons. The van der Waals surface area contributed by atoms with E-state index < -0.39 is 35.0 Å². The maximum atomic E-state index is 13.3. The quantitative estimate of drug-likeness (QED) is 0.696. The third-order valence-electron chi connectivity index (χ3n) is 4.27. The third-order valence-corrected chi connectivity index (χ3v) is 6.12. The molecule has 3 atom stereocenters. The number of phenols is 1. The Hall–Kier alpha value is -1.71. The summed E-state index contributed by atoms with van der Waals surface area (Å²) in [6.45, 7) is 0. The van der Waals surface area contributed by atoms with Gasteiger partial charge in [0.1, 0.15) is 17.6 Å². The summed E-state index contributed by atoms with van der Waals surface area (Å²) in [6, 6.07) is 7.39. The van der Waals surface area contributed by atoms with Crippen LogP contribution in [0.5, 0.6) is 5.75 Å². The van der Waals surface area contributed by atoms with Crippen molar-refractivity contribution in [3.05, 3.63) is 57.8 Å². The Labute approximate surface area is 168 Å². The van der Waals surface area contributed by atoms with Crippen LogP contribution in [0.3, 0.4) is 0 Å². The van der Waals surface area contributed by atoms with Crippen LogP contribution in [-0.4, -0.2) is 32.6 Å². The second-order valence-corrected chi connectivity index (χ2v) is 8.17. The van der Waals surface area contributed by atoms with Crippen LogP contribution in [0.1, 0.15) is 18.0 Å². The molecular formula is C17H16Cl2FN3O3S. The third kappa shape index (κ3) is 4.41. The SMILES string of the molecule is CN1C(C(=O)Nc2ccc(F)c(Cl)c2)CC(c2ccc(O)c(Cl)c2)NS1=O. The molecule has 2 aromatic rings. The van der Waals surface area contributed by atoms with Gasteiger partial charge in [0.05, 0.1) is 10.0 Å². The second-order valence-electron chi connectivity index (χ2n) is 6.05. The molecule has 0 radical (unpaired) electrons. The van der Waals surface area contributed by atoms with Crippen molar-refractivity contribution in [2.75, 3.05) is 12.4 Å². The molecule has 3 N–H and O–H groups in total. The first-order valence-electron chi connectivity index (χ1n) is 7.91. The number of carbonyl (C=O) groups excluding carboxylic acids is 1. The molecule has 1 fully saturated rings. The Balaban J connectivity index is 1.80. The Morgan fingerprint density at radius 1 is 1.30 bits per heavy atom. The summed E-state index contributed by atoms with van der Waals surface area (Å²) in [7, 11) is 1.56. The molecule has 1 heterocycles. The van der Waals surface area contributed by atoms with E-state index in [2.05, 4.69) is 10.0 Å². The fraction of sp³-hybridized carbons (Fsp3) is 0.235. The van der Waals surface area contributed by atoms with Gasteiger partial charge in [-0.1, -0.05) is 29.3 Å². The number of carbonyl (C=O) groups is 1. The van der Waals surface area contributed by atoms with E-state index in [1.54, 1.807) is 19.2 Å². The molecule has 1 aliphatic rings. The fourth-order valence-electron chi connectivity index (χ4n) is 2.76. The van der Waals surface area contributed by atoms with E-state index in [4.69, 9.17) is 23.2 Å². The molecule has 27 heavy (non-hydrogen) atoms. The zero-order valence-corrected chi connectivity index (χ0v) is 16.4. The number of halogens is 3. The van der Waals surface area contributed by atoms with Gasteiger partial charge in [-0.15, -0.1) is 0 Å². The van der Waals surface area contributed by atoms with E-state index in [1.807, 2.05) is 0 Å². The topological polar surface area (TPSA) is 81.7 Å². The molecule has 0 bridgehead atoms. The van der Waals surface area contributed by atoms with E-state index in [-0.39, 0.29) is 15.8 Å². The minimum atomic E-state index is -1.61. The van der Waals surface area contributed by atoms with Crippen molar-refractivity contribution in [1.29, 1.82) is 0 Å². The largest absolute Gasteiger partial charge is 0.506 e. The van der Waals surface area contributed by atoms with Crippen molar-refractivity contribution >= 4 is 46.0 Å². The van der Waals surface area contributed by atoms with Crippen molar-refractivity contribution in [3.63, 3.8) is 0 Å². The van der Waals surface area contributed by atoms with E-state index in [0.29, 0.717) is 17.7 Å². The van der Waals surface area contributed by atoms with Crippen molar-refractivity contribution < 1.29 is 18.5 Å². The summed E-state index contributed by atoms with van der Waals surface area (Å²) < 4.78 is 30.0. The maximum absolute atomic E-state index is 13.3. The molecule has 1 saturated heterocycles. The molecule has 0 saturated carbocycles. The van der Waals surface area contributed by atoms with Gasteiger partial charge in [0.15, 0.2) is 11.2 Å². The van der Waals surface area contributed by atoms with Crippen molar-refractivity contribution in [1.82, 2.24) is 9.03 Å². The molecule has 0 aliphatic carbocycles. The maximum Gasteiger partial charge on any atom is 0.242 e. The standard InChI is InChI=1S/C17H16Cl2FN3O3S/c1-23-15(17(25)21-10-3-4-13(20)11(18)7-10)8-14(22-27(23)26)9-2-5-16(24)12(19)6-9/h2-7,14-15,22,24H,8H2,1H3,(H,21,25). The summed E-state index contributed by atoms with van der Waals surface area (Å²) in [6.07, 6.45) is 0.310. The van der Waals surface area contributed by atoms with E-state index in [9.17, 15) is 18.5 Å². The summed E-state index contributed by atoms with van der Waals surface area (Å²) >= 11 is 10.1. The van der Waals surface area contributed by atoms with Gasteiger partial charge in [0.2, 0.25) is 5.91 Å². The van der Waals surface area contributed by atoms with E-state index in [1.165, 1.54) is 22.5 Å². The number of nitrogens with zero attached hydrogens (tertiary/aromatic N) is 1. The van der Waals surface area contributed by atoms with Gasteiger partial charge in [0, 0.05) is 18.8 Å². The monoisotopic (exact) mass is 431 g/mol. The average Bonchev–Trinajstić information content (AvgIpc) is 2.62. The van der Waals surface area contributed by atoms with E-state index >= 15 is 0 Å². The predicted octanol–water partition coefficient (Wildman–Crippen LogP) is 3.39. The molecule has 1 amide bonds. The lowest BCUT2D eigenvalue weighted by molar-refractivity contribution is -0.120. The van der Waals surface area contributed by atoms with Gasteiger partial charge in [-0.2, -0.15) is 0 Å². The number of amides is 1. The van der Waals surface area contributed by atoms with Gasteiger partial charge in [0.25, 0.3) is 0 Å². The van der Waals surface area contributed by atoms with Crippen LogP contribution in [0.15, 0.2) is 36.4 Å². The van der Waals surface area contributed by atoms with Crippen LogP contribution in [-0.2, 0) is 16.0 Å². The predicted molar refractivity (Wildman–Crippen MR) is 103 cm³/mol. The summed E-state index contributed by atoms with van der Waals surface area (Å²) in [5.74, 6) is -1.04. The van der Waals surface area contributed by atoms with Crippen LogP contribution in [0, 0.1) is 5.82 Å². The molecule has 10 heteroatoms. The average molecular weight is 432 g/mol. The van der Waals surface area contributed by atoms with Gasteiger partial charge >= 0.3 is 0 Å². The molecule has 1 aliphatic heterocycles. The minimum Gasteiger partial charge on any atom is -0.506 e. The molecule has 6 nitrogen and oxygen atoms in total. The molecule has 3 unspecified atom stereocenters. The molecule has 2 aromatic carbocycles. The number of phenolic OH excluding ortho intramolecular Hbond substituents is 1. The zero-order valence-electron chi connectivity index (χ0n) is 14.1. The minimum absolute atomic E-state index is 0.0584. The van der Waals surface area contributed by atoms with Crippen molar-refractivity contribution in [2.24, 2.45) is 0 Å². The summed E-state index contributed by atoms with van der Waals surface area (Å²) in [4.78, 5) is 12.7. The number of benzene rings is 2. The van der Waals surface area contributed by atoms with Gasteiger partial charge in [-0.05, 0) is 42.3 Å². The summed E-state index contributed by atoms with van der Waals surface area (Å²) in [5.41, 5.74) is 1.04. The number of anilines is 1. The Kier molecular flexibility index (Phi) is 6.02. The number of nitrogens with one attached hydrogen (secondary N) is 2. The van der Waals surface area contributed by atoms with Gasteiger partial charge < -0.3 is 10.4 Å². The lowest BCUT2D eigenvalue weighted by Gasteiger charge is -2.35. The zero-order chi connectivity index (χ0) is 19.7. The highest BCUT2D eigenvalue weighted by molar-refractivity contribution is 7.80. The highest BCUT2D eigenvalue weighted by Crippen LogP contribution is 2.32. The van der Waals surface area contributed by atoms with Gasteiger partial charge in [-0.25, -0.2) is 17.6 Å². The molecule has 3 rings (SSSR count). The van der Waals surface area contributed by atoms with Crippen LogP contribution < -0.4 is 10.0 Å². The molecular weight excluding hydrogens is 416 g/mol. The Morgan fingerprint density at radius 3 is 2.70 bits per heavy atom. The van der Waals surface area contributed by atoms with Crippen molar-refractivity contribution in [3.8, 4) is 5.75 Å². The highest BCUT2D eigenvalue weighted by Gasteiger charge is 2.36. The van der Waals surface area contributed by atoms with Crippen molar-refractivity contribution in [2.45, 2.75) is 18.5 Å². The summed E-state index contributed by atoms with van der Waals surface area (Å²) in [5, 5.41) is 12.3. The normalized spacial score (nSPS) is 23.2. The van der Waals surface area contributed by atoms with Gasteiger partial charge in [-0.3, -0.25) is 4.79 Å². The fourth-order valence-corrected chi connectivity index (χ4v) is 4.18. The first kappa shape index (κ1) is 20.0. The number of rotatable bonds is 3. The lowest BCUT2D eigenvalue weighted by Crippen LogP contribution is -2.53. The van der Waals surface area contributed by atoms with Crippen LogP contribution in [0.2, 0.25) is 10.0 Å². The second kappa shape index (κ2) is 8.12. The number of likely N-dealkylation sites (N-methyl/N-ethyl adjacent to an activating group) is 1. The highest BCUT2D eigenvalue weighted by atomic mass is 35.5.